The maximum absolute atomic E-state index is 5.22. The maximum Gasteiger partial charge on any atom is 0.239 e. The second kappa shape index (κ2) is 15.3. The van der Waals surface area contributed by atoms with E-state index in [0.717, 1.165) is 83.0 Å². The van der Waals surface area contributed by atoms with Crippen LogP contribution in [0.25, 0.3) is 5.70 Å². The molecule has 2 N–H and O–H groups in total. The molecular weight excluding hydrogens is 709 g/mol. The van der Waals surface area contributed by atoms with Crippen molar-refractivity contribution in [2.45, 2.75) is 38.5 Å². The molecular formula is C45H42N12. The van der Waals surface area contributed by atoms with E-state index in [2.05, 4.69) is 83.9 Å². The third kappa shape index (κ3) is 7.17. The first kappa shape index (κ1) is 34.5. The standard InChI is InChI=1S/C45H42N12/c1-7-22-55(23-8-1)32-15-17-35(37(26-32)49-41-13-3-5-20-47-41)39-28-34-29-40(52-45-54-43(31-12-11-19-46-30-31)53-44(51-39)57(34)45)36-18-16-33(56-24-9-2-10-25-56)27-38(36)50-42-14-4-6-21-48-42/h3-6,11-21,26-30H,1-2,7-10,22-25H2,(H,47,49)(H,48,50). The normalized spacial score (nSPS) is 17.6. The molecule has 8 heterocycles. The predicted octanol–water partition coefficient (Wildman–Crippen LogP) is 8.56. The molecule has 0 saturated carbocycles. The molecule has 2 saturated heterocycles. The fourth-order valence-corrected chi connectivity index (χ4v) is 7.98. The fraction of sp³-hybridized carbons (Fsp3) is 0.222. The number of nitrogens with one attached hydrogen (secondary N) is 2. The SMILES string of the molecule is C1=C(c2ccc(N3CCCCC3)cc2Nc2ccccn2)N=C2N=C(c3cccnc3)N=C3N=C(c4ccc(N5CCCCC5)cc4Nc4ccccn4)C=C1N23. The van der Waals surface area contributed by atoms with Gasteiger partial charge < -0.3 is 20.4 Å². The number of amidine groups is 1. The number of hydrogen-bond acceptors (Lipinski definition) is 12. The molecule has 12 heteroatoms. The molecule has 0 aliphatic carbocycles. The number of nitrogens with zero attached hydrogens (tertiary/aromatic N) is 10. The number of pyridine rings is 3. The molecule has 0 amide bonds. The van der Waals surface area contributed by atoms with E-state index in [1.54, 1.807) is 24.8 Å². The van der Waals surface area contributed by atoms with Crippen molar-refractivity contribution in [2.24, 2.45) is 20.0 Å². The van der Waals surface area contributed by atoms with Gasteiger partial charge in [0.2, 0.25) is 11.9 Å². The van der Waals surface area contributed by atoms with Gasteiger partial charge in [-0.2, -0.15) is 9.98 Å². The summed E-state index contributed by atoms with van der Waals surface area (Å²) in [4.78, 5) is 40.9. The van der Waals surface area contributed by atoms with E-state index >= 15 is 0 Å². The van der Waals surface area contributed by atoms with Gasteiger partial charge in [-0.15, -0.1) is 0 Å². The zero-order valence-corrected chi connectivity index (χ0v) is 31.6. The van der Waals surface area contributed by atoms with Crippen LogP contribution < -0.4 is 20.4 Å². The van der Waals surface area contributed by atoms with Crippen molar-refractivity contribution in [1.29, 1.82) is 0 Å². The van der Waals surface area contributed by atoms with Crippen LogP contribution >= 0.6 is 0 Å². The lowest BCUT2D eigenvalue weighted by Crippen LogP contribution is -2.42. The molecule has 10 rings (SSSR count). The number of piperidine rings is 2. The van der Waals surface area contributed by atoms with Gasteiger partial charge in [-0.05, 0) is 123 Å². The second-order valence-corrected chi connectivity index (χ2v) is 14.7. The molecule has 5 aliphatic heterocycles. The first-order valence-electron chi connectivity index (χ1n) is 19.9. The minimum absolute atomic E-state index is 0.488. The molecule has 0 atom stereocenters. The fourth-order valence-electron chi connectivity index (χ4n) is 7.98. The van der Waals surface area contributed by atoms with E-state index in [1.807, 2.05) is 53.4 Å². The minimum atomic E-state index is 0.488. The van der Waals surface area contributed by atoms with Crippen LogP contribution in [-0.4, -0.2) is 69.5 Å². The average molecular weight is 751 g/mol. The van der Waals surface area contributed by atoms with E-state index in [9.17, 15) is 0 Å². The molecule has 2 aromatic carbocycles. The Kier molecular flexibility index (Phi) is 9.27. The highest BCUT2D eigenvalue weighted by Gasteiger charge is 2.34. The summed E-state index contributed by atoms with van der Waals surface area (Å²) in [6.45, 7) is 4.17. The van der Waals surface area contributed by atoms with Gasteiger partial charge in [-0.1, -0.05) is 12.1 Å². The van der Waals surface area contributed by atoms with E-state index in [4.69, 9.17) is 20.0 Å². The van der Waals surface area contributed by atoms with Crippen molar-refractivity contribution in [2.75, 3.05) is 46.6 Å². The zero-order valence-electron chi connectivity index (χ0n) is 31.6. The molecule has 282 valence electrons. The van der Waals surface area contributed by atoms with Crippen LogP contribution in [0.4, 0.5) is 34.4 Å². The van der Waals surface area contributed by atoms with Crippen LogP contribution in [0.3, 0.4) is 0 Å². The van der Waals surface area contributed by atoms with Gasteiger partial charge in [0.05, 0.1) is 28.5 Å². The largest absolute Gasteiger partial charge is 0.371 e. The highest BCUT2D eigenvalue weighted by molar-refractivity contribution is 6.27. The number of benzene rings is 2. The molecule has 0 bridgehead atoms. The molecule has 2 fully saturated rings. The van der Waals surface area contributed by atoms with Gasteiger partial charge in [-0.3, -0.25) is 4.98 Å². The van der Waals surface area contributed by atoms with Crippen molar-refractivity contribution in [3.63, 3.8) is 0 Å². The third-order valence-corrected chi connectivity index (χ3v) is 10.9. The Bertz CT molecular complexity index is 2370. The summed E-state index contributed by atoms with van der Waals surface area (Å²) in [6.07, 6.45) is 18.6. The lowest BCUT2D eigenvalue weighted by atomic mass is 10.0. The number of aromatic nitrogens is 3. The highest BCUT2D eigenvalue weighted by atomic mass is 15.4. The first-order chi connectivity index (χ1) is 28.2. The summed E-state index contributed by atoms with van der Waals surface area (Å²) >= 11 is 0. The Hall–Kier alpha value is -6.95. The monoisotopic (exact) mass is 750 g/mol. The van der Waals surface area contributed by atoms with Crippen LogP contribution in [0.2, 0.25) is 0 Å². The maximum atomic E-state index is 5.22. The molecule has 57 heavy (non-hydrogen) atoms. The number of aliphatic imine (C=N–C) groups is 4. The van der Waals surface area contributed by atoms with Crippen molar-refractivity contribution >= 4 is 63.5 Å². The second-order valence-electron chi connectivity index (χ2n) is 14.7. The van der Waals surface area contributed by atoms with Crippen LogP contribution in [0.1, 0.15) is 55.2 Å². The van der Waals surface area contributed by atoms with Gasteiger partial charge in [0.25, 0.3) is 0 Å². The van der Waals surface area contributed by atoms with Crippen LogP contribution in [0.15, 0.2) is 148 Å². The highest BCUT2D eigenvalue weighted by Crippen LogP contribution is 2.38. The smallest absolute Gasteiger partial charge is 0.239 e. The van der Waals surface area contributed by atoms with Gasteiger partial charge in [0, 0.05) is 79.0 Å². The molecule has 5 aromatic rings. The first-order valence-corrected chi connectivity index (χ1v) is 19.9. The third-order valence-electron chi connectivity index (χ3n) is 10.9. The summed E-state index contributed by atoms with van der Waals surface area (Å²) in [7, 11) is 0. The number of hydrogen-bond donors (Lipinski definition) is 2. The number of allylic oxidation sites excluding steroid dienone is 2. The Morgan fingerprint density at radius 3 is 1.77 bits per heavy atom. The molecule has 3 aromatic heterocycles. The van der Waals surface area contributed by atoms with Gasteiger partial charge in [0.15, 0.2) is 5.84 Å². The average Bonchev–Trinajstić information content (AvgIpc) is 3.28. The topological polar surface area (TPSA) is 122 Å². The van der Waals surface area contributed by atoms with Crippen molar-refractivity contribution in [1.82, 2.24) is 19.9 Å². The molecule has 5 aliphatic rings. The molecule has 0 radical (unpaired) electrons. The Balaban J connectivity index is 1.11. The summed E-state index contributed by atoms with van der Waals surface area (Å²) in [6, 6.07) is 28.8. The molecule has 12 nitrogen and oxygen atoms in total. The number of anilines is 6. The van der Waals surface area contributed by atoms with Crippen LogP contribution in [-0.2, 0) is 0 Å². The minimum Gasteiger partial charge on any atom is -0.371 e. The van der Waals surface area contributed by atoms with Crippen molar-refractivity contribution < 1.29 is 0 Å². The predicted molar refractivity (Wildman–Crippen MR) is 230 cm³/mol. The summed E-state index contributed by atoms with van der Waals surface area (Å²) in [5.41, 5.74) is 9.24. The lowest BCUT2D eigenvalue weighted by molar-refractivity contribution is 0.578. The quantitative estimate of drug-likeness (QED) is 0.154. The Morgan fingerprint density at radius 1 is 0.526 bits per heavy atom. The lowest BCUT2D eigenvalue weighted by Gasteiger charge is -2.33. The summed E-state index contributed by atoms with van der Waals surface area (Å²) in [5, 5.41) is 7.24. The van der Waals surface area contributed by atoms with Crippen LogP contribution in [0, 0.1) is 0 Å². The van der Waals surface area contributed by atoms with Gasteiger partial charge in [-0.25, -0.2) is 24.9 Å². The Labute approximate surface area is 331 Å². The van der Waals surface area contributed by atoms with Gasteiger partial charge >= 0.3 is 0 Å². The van der Waals surface area contributed by atoms with E-state index in [-0.39, 0.29) is 0 Å². The van der Waals surface area contributed by atoms with Crippen molar-refractivity contribution in [3.05, 3.63) is 144 Å². The number of guanidine groups is 2. The van der Waals surface area contributed by atoms with E-state index in [0.29, 0.717) is 17.8 Å². The van der Waals surface area contributed by atoms with Gasteiger partial charge in [0.1, 0.15) is 11.6 Å². The summed E-state index contributed by atoms with van der Waals surface area (Å²) in [5.74, 6) is 2.99. The molecule has 0 spiro atoms. The zero-order chi connectivity index (χ0) is 38.0. The van der Waals surface area contributed by atoms with E-state index in [1.165, 1.54) is 49.9 Å². The van der Waals surface area contributed by atoms with E-state index < -0.39 is 0 Å². The van der Waals surface area contributed by atoms with Crippen LogP contribution in [0.5, 0.6) is 0 Å². The number of rotatable bonds is 9. The Morgan fingerprint density at radius 2 is 1.16 bits per heavy atom. The summed E-state index contributed by atoms with van der Waals surface area (Å²) < 4.78 is 0. The molecule has 0 unspecified atom stereocenters. The van der Waals surface area contributed by atoms with Crippen molar-refractivity contribution in [3.8, 4) is 0 Å².